The zero-order chi connectivity index (χ0) is 22.2. The monoisotopic (exact) mass is 427 g/mol. The number of benzene rings is 3. The molecule has 1 fully saturated rings. The molecule has 1 atom stereocenters. The number of likely N-dealkylation sites (tertiary alicyclic amines) is 1. The van der Waals surface area contributed by atoms with Crippen LogP contribution in [0.3, 0.4) is 0 Å². The first-order valence-electron chi connectivity index (χ1n) is 11.7. The number of piperidine rings is 1. The van der Waals surface area contributed by atoms with E-state index in [0.29, 0.717) is 6.54 Å². The van der Waals surface area contributed by atoms with Crippen LogP contribution in [0.25, 0.3) is 11.1 Å². The summed E-state index contributed by atoms with van der Waals surface area (Å²) in [5.74, 6) is -0.0260. The number of amides is 1. The van der Waals surface area contributed by atoms with Crippen molar-refractivity contribution in [3.8, 4) is 11.1 Å². The molecule has 2 N–H and O–H groups in total. The van der Waals surface area contributed by atoms with Crippen molar-refractivity contribution in [1.29, 1.82) is 0 Å². The zero-order valence-electron chi connectivity index (χ0n) is 18.9. The van der Waals surface area contributed by atoms with Crippen molar-refractivity contribution < 1.29 is 4.79 Å². The molecule has 1 aliphatic rings. The highest BCUT2D eigenvalue weighted by Crippen LogP contribution is 2.27. The van der Waals surface area contributed by atoms with Gasteiger partial charge in [0.2, 0.25) is 5.91 Å². The molecule has 4 rings (SSSR count). The van der Waals surface area contributed by atoms with Crippen LogP contribution in [-0.4, -0.2) is 29.9 Å². The molecular formula is C28H33N3O. The number of anilines is 1. The van der Waals surface area contributed by atoms with Crippen LogP contribution in [0.5, 0.6) is 0 Å². The van der Waals surface area contributed by atoms with Crippen LogP contribution in [0, 0.1) is 0 Å². The van der Waals surface area contributed by atoms with Gasteiger partial charge in [-0.2, -0.15) is 0 Å². The van der Waals surface area contributed by atoms with Crippen LogP contribution in [-0.2, 0) is 17.9 Å². The second-order valence-corrected chi connectivity index (χ2v) is 8.61. The summed E-state index contributed by atoms with van der Waals surface area (Å²) in [6, 6.07) is 26.4. The van der Waals surface area contributed by atoms with Gasteiger partial charge < -0.3 is 10.6 Å². The van der Waals surface area contributed by atoms with Gasteiger partial charge in [0, 0.05) is 24.3 Å². The molecular weight excluding hydrogens is 394 g/mol. The van der Waals surface area contributed by atoms with E-state index < -0.39 is 0 Å². The topological polar surface area (TPSA) is 44.4 Å². The molecule has 1 heterocycles. The molecule has 0 bridgehead atoms. The highest BCUT2D eigenvalue weighted by molar-refractivity contribution is 5.98. The molecule has 0 unspecified atom stereocenters. The maximum atomic E-state index is 12.9. The van der Waals surface area contributed by atoms with E-state index in [4.69, 9.17) is 0 Å². The molecule has 0 aromatic heterocycles. The Hall–Kier alpha value is -2.95. The number of hydrogen-bond acceptors (Lipinski definition) is 3. The summed E-state index contributed by atoms with van der Waals surface area (Å²) < 4.78 is 0. The van der Waals surface area contributed by atoms with Gasteiger partial charge in [-0.3, -0.25) is 9.69 Å². The molecule has 4 nitrogen and oxygen atoms in total. The van der Waals surface area contributed by atoms with Crippen molar-refractivity contribution in [2.45, 2.75) is 45.3 Å². The number of carbonyl (C=O) groups is 1. The average Bonchev–Trinajstić information content (AvgIpc) is 2.85. The minimum Gasteiger partial charge on any atom is -0.324 e. The molecule has 0 spiro atoms. The molecule has 1 amide bonds. The Morgan fingerprint density at radius 3 is 2.28 bits per heavy atom. The number of para-hydroxylation sites is 1. The third kappa shape index (κ3) is 5.84. The fraction of sp³-hybridized carbons (Fsp3) is 0.321. The summed E-state index contributed by atoms with van der Waals surface area (Å²) in [7, 11) is 0. The van der Waals surface area contributed by atoms with Crippen molar-refractivity contribution in [2.24, 2.45) is 0 Å². The largest absolute Gasteiger partial charge is 0.324 e. The van der Waals surface area contributed by atoms with E-state index in [1.807, 2.05) is 49.4 Å². The van der Waals surface area contributed by atoms with Crippen molar-refractivity contribution in [3.05, 3.63) is 90.0 Å². The second kappa shape index (κ2) is 11.1. The van der Waals surface area contributed by atoms with E-state index >= 15 is 0 Å². The van der Waals surface area contributed by atoms with E-state index in [0.717, 1.165) is 23.4 Å². The third-order valence-electron chi connectivity index (χ3n) is 6.22. The summed E-state index contributed by atoms with van der Waals surface area (Å²) in [5, 5.41) is 6.54. The van der Waals surface area contributed by atoms with Crippen LogP contribution < -0.4 is 10.6 Å². The minimum atomic E-state index is -0.304. The minimum absolute atomic E-state index is 0.0260. The fourth-order valence-corrected chi connectivity index (χ4v) is 4.30. The molecule has 0 radical (unpaired) electrons. The van der Waals surface area contributed by atoms with Crippen LogP contribution in [0.1, 0.15) is 37.3 Å². The maximum Gasteiger partial charge on any atom is 0.241 e. The number of carbonyl (C=O) groups excluding carboxylic acids is 1. The first kappa shape index (κ1) is 22.3. The summed E-state index contributed by atoms with van der Waals surface area (Å²) in [4.78, 5) is 15.5. The smallest absolute Gasteiger partial charge is 0.241 e. The molecule has 4 heteroatoms. The van der Waals surface area contributed by atoms with Gasteiger partial charge in [0.1, 0.15) is 0 Å². The van der Waals surface area contributed by atoms with Crippen molar-refractivity contribution in [3.63, 3.8) is 0 Å². The van der Waals surface area contributed by atoms with E-state index in [1.165, 1.54) is 43.5 Å². The lowest BCUT2D eigenvalue weighted by Crippen LogP contribution is -2.38. The Morgan fingerprint density at radius 1 is 0.844 bits per heavy atom. The zero-order valence-corrected chi connectivity index (χ0v) is 18.9. The highest BCUT2D eigenvalue weighted by atomic mass is 16.2. The molecule has 166 valence electrons. The second-order valence-electron chi connectivity index (χ2n) is 8.61. The summed E-state index contributed by atoms with van der Waals surface area (Å²) in [6.45, 7) is 5.96. The Balaban J connectivity index is 1.37. The summed E-state index contributed by atoms with van der Waals surface area (Å²) in [6.07, 6.45) is 3.93. The van der Waals surface area contributed by atoms with Gasteiger partial charge in [0.15, 0.2) is 0 Å². The first-order chi connectivity index (χ1) is 15.7. The van der Waals surface area contributed by atoms with Crippen LogP contribution in [0.2, 0.25) is 0 Å². The van der Waals surface area contributed by atoms with Gasteiger partial charge in [0.25, 0.3) is 0 Å². The van der Waals surface area contributed by atoms with Crippen LogP contribution in [0.4, 0.5) is 5.69 Å². The Labute approximate surface area is 191 Å². The average molecular weight is 428 g/mol. The SMILES string of the molecule is C[C@@H](NCc1ccccc1CN1CCCCC1)C(=O)Nc1ccccc1-c1ccccc1. The first-order valence-corrected chi connectivity index (χ1v) is 11.7. The van der Waals surface area contributed by atoms with E-state index in [1.54, 1.807) is 0 Å². The van der Waals surface area contributed by atoms with Crippen molar-refractivity contribution >= 4 is 11.6 Å². The maximum absolute atomic E-state index is 12.9. The fourth-order valence-electron chi connectivity index (χ4n) is 4.30. The normalized spacial score (nSPS) is 15.3. The highest BCUT2D eigenvalue weighted by Gasteiger charge is 2.16. The van der Waals surface area contributed by atoms with E-state index in [9.17, 15) is 4.79 Å². The van der Waals surface area contributed by atoms with E-state index in [2.05, 4.69) is 51.9 Å². The molecule has 1 saturated heterocycles. The third-order valence-corrected chi connectivity index (χ3v) is 6.22. The van der Waals surface area contributed by atoms with Crippen LogP contribution in [0.15, 0.2) is 78.9 Å². The lowest BCUT2D eigenvalue weighted by atomic mass is 10.0. The number of nitrogens with one attached hydrogen (secondary N) is 2. The van der Waals surface area contributed by atoms with Gasteiger partial charge in [0.05, 0.1) is 6.04 Å². The van der Waals surface area contributed by atoms with Crippen molar-refractivity contribution in [2.75, 3.05) is 18.4 Å². The van der Waals surface area contributed by atoms with Gasteiger partial charge in [-0.05, 0) is 55.6 Å². The summed E-state index contributed by atoms with van der Waals surface area (Å²) in [5.41, 5.74) is 5.57. The molecule has 3 aromatic rings. The number of hydrogen-bond donors (Lipinski definition) is 2. The van der Waals surface area contributed by atoms with Gasteiger partial charge >= 0.3 is 0 Å². The molecule has 0 aliphatic carbocycles. The van der Waals surface area contributed by atoms with Gasteiger partial charge in [-0.1, -0.05) is 79.2 Å². The lowest BCUT2D eigenvalue weighted by molar-refractivity contribution is -0.117. The summed E-state index contributed by atoms with van der Waals surface area (Å²) >= 11 is 0. The Morgan fingerprint density at radius 2 is 1.50 bits per heavy atom. The Kier molecular flexibility index (Phi) is 7.70. The predicted molar refractivity (Wildman–Crippen MR) is 132 cm³/mol. The number of nitrogens with zero attached hydrogens (tertiary/aromatic N) is 1. The Bertz CT molecular complexity index is 1010. The lowest BCUT2D eigenvalue weighted by Gasteiger charge is -2.27. The molecule has 1 aliphatic heterocycles. The van der Waals surface area contributed by atoms with Gasteiger partial charge in [-0.15, -0.1) is 0 Å². The number of rotatable bonds is 8. The molecule has 0 saturated carbocycles. The van der Waals surface area contributed by atoms with E-state index in [-0.39, 0.29) is 11.9 Å². The quantitative estimate of drug-likeness (QED) is 0.502. The predicted octanol–water partition coefficient (Wildman–Crippen LogP) is 5.46. The molecule has 3 aromatic carbocycles. The van der Waals surface area contributed by atoms with Crippen LogP contribution >= 0.6 is 0 Å². The molecule has 32 heavy (non-hydrogen) atoms. The van der Waals surface area contributed by atoms with Crippen molar-refractivity contribution in [1.82, 2.24) is 10.2 Å². The standard InChI is InChI=1S/C28H33N3O/c1-22(28(32)30-27-17-9-8-16-26(27)23-12-4-2-5-13-23)29-20-24-14-6-7-15-25(24)21-31-18-10-3-11-19-31/h2,4-9,12-17,22,29H,3,10-11,18-21H2,1H3,(H,30,32)/t22-/m1/s1. The van der Waals surface area contributed by atoms with Gasteiger partial charge in [-0.25, -0.2) is 0 Å².